The first kappa shape index (κ1) is 22.6. The Kier molecular flexibility index (Phi) is 8.87. The number of hydrogen-bond acceptors (Lipinski definition) is 3. The molecule has 1 saturated heterocycles. The monoisotopic (exact) mass is 370 g/mol. The number of nitrogens with one attached hydrogen (secondary N) is 2. The molecule has 5 heteroatoms. The van der Waals surface area contributed by atoms with Crippen molar-refractivity contribution in [1.82, 2.24) is 15.5 Å². The second kappa shape index (κ2) is 10.6. The molecule has 0 aromatic carbocycles. The van der Waals surface area contributed by atoms with E-state index in [1.54, 1.807) is 12.2 Å². The van der Waals surface area contributed by atoms with E-state index in [0.717, 1.165) is 44.6 Å². The zero-order chi connectivity index (χ0) is 20.4. The number of carbonyl (C=O) groups excluding carboxylic acids is 1. The fraction of sp³-hybridized carbons (Fsp3) is 0.545. The Bertz CT molecular complexity index is 646. The first-order valence-electron chi connectivity index (χ1n) is 9.66. The Hall–Kier alpha value is -2.48. The maximum Gasteiger partial charge on any atom is 0.321 e. The lowest BCUT2D eigenvalue weighted by molar-refractivity contribution is 0.0860. The Balaban J connectivity index is 2.56. The molecule has 1 aliphatic rings. The lowest BCUT2D eigenvalue weighted by atomic mass is 9.71. The number of piperidine rings is 1. The van der Waals surface area contributed by atoms with Crippen LogP contribution in [0.25, 0.3) is 0 Å². The quantitative estimate of drug-likeness (QED) is 0.489. The topological polar surface area (TPSA) is 68.2 Å². The van der Waals surface area contributed by atoms with Gasteiger partial charge in [0.2, 0.25) is 0 Å². The van der Waals surface area contributed by atoms with Gasteiger partial charge in [-0.05, 0) is 49.7 Å². The molecule has 148 valence electrons. The zero-order valence-corrected chi connectivity index (χ0v) is 17.3. The molecule has 0 aromatic rings. The third-order valence-electron chi connectivity index (χ3n) is 5.64. The van der Waals surface area contributed by atoms with E-state index in [4.69, 9.17) is 5.26 Å². The Labute approximate surface area is 164 Å². The molecule has 0 bridgehead atoms. The van der Waals surface area contributed by atoms with Crippen LogP contribution in [0.2, 0.25) is 0 Å². The van der Waals surface area contributed by atoms with Crippen molar-refractivity contribution >= 4 is 6.03 Å². The summed E-state index contributed by atoms with van der Waals surface area (Å²) in [5.74, 6) is 0.511. The summed E-state index contributed by atoms with van der Waals surface area (Å²) in [6.45, 7) is 18.6. The Morgan fingerprint density at radius 2 is 1.96 bits per heavy atom. The molecule has 1 atom stereocenters. The minimum Gasteiger partial charge on any atom is -0.389 e. The second-order valence-electron chi connectivity index (χ2n) is 7.52. The van der Waals surface area contributed by atoms with Gasteiger partial charge in [-0.2, -0.15) is 5.26 Å². The van der Waals surface area contributed by atoms with E-state index in [-0.39, 0.29) is 11.4 Å². The number of likely N-dealkylation sites (tertiary alicyclic amines) is 1. The summed E-state index contributed by atoms with van der Waals surface area (Å²) in [6, 6.07) is 1.86. The number of rotatable bonds is 8. The fourth-order valence-electron chi connectivity index (χ4n) is 3.02. The first-order valence-corrected chi connectivity index (χ1v) is 9.66. The highest BCUT2D eigenvalue weighted by Gasteiger charge is 2.36. The molecule has 0 aliphatic carbocycles. The van der Waals surface area contributed by atoms with Crippen molar-refractivity contribution in [1.29, 1.82) is 5.26 Å². The van der Waals surface area contributed by atoms with Gasteiger partial charge in [-0.15, -0.1) is 0 Å². The Morgan fingerprint density at radius 1 is 1.33 bits per heavy atom. The molecule has 1 fully saturated rings. The number of hydrogen-bond donors (Lipinski definition) is 2. The molecular formula is C22H34N4O. The average Bonchev–Trinajstić information content (AvgIpc) is 2.68. The Morgan fingerprint density at radius 3 is 2.48 bits per heavy atom. The van der Waals surface area contributed by atoms with Crippen molar-refractivity contribution < 1.29 is 4.79 Å². The van der Waals surface area contributed by atoms with E-state index < -0.39 is 0 Å². The number of urea groups is 1. The van der Waals surface area contributed by atoms with E-state index in [9.17, 15) is 4.79 Å². The van der Waals surface area contributed by atoms with Gasteiger partial charge in [0.1, 0.15) is 0 Å². The minimum absolute atomic E-state index is 0.0949. The largest absolute Gasteiger partial charge is 0.389 e. The van der Waals surface area contributed by atoms with Gasteiger partial charge in [0.15, 0.2) is 0 Å². The van der Waals surface area contributed by atoms with E-state index in [1.807, 2.05) is 24.0 Å². The van der Waals surface area contributed by atoms with Crippen LogP contribution < -0.4 is 10.6 Å². The summed E-state index contributed by atoms with van der Waals surface area (Å²) < 4.78 is 0. The molecular weight excluding hydrogens is 336 g/mol. The molecule has 2 N–H and O–H groups in total. The molecule has 2 amide bonds. The third kappa shape index (κ3) is 6.97. The van der Waals surface area contributed by atoms with Gasteiger partial charge in [0.05, 0.1) is 6.07 Å². The molecule has 0 aromatic heterocycles. The molecule has 27 heavy (non-hydrogen) atoms. The lowest BCUT2D eigenvalue weighted by Gasteiger charge is -2.43. The van der Waals surface area contributed by atoms with Crippen molar-refractivity contribution in [2.45, 2.75) is 47.0 Å². The standard InChI is InChI=1S/C22H34N4O/c1-7-19(5)24-16-18(4)22(6)11-13-26(14-12-22)21(27)25-20(8-2)10-9-17(3)15-23/h8-10,18,24H,3,5,7,11-14,16H2,1-2,4,6H3,(H,25,27)/b10-9-,20-8+. The number of nitrogens with zero attached hydrogens (tertiary/aromatic N) is 2. The molecule has 0 radical (unpaired) electrons. The summed E-state index contributed by atoms with van der Waals surface area (Å²) in [4.78, 5) is 14.4. The van der Waals surface area contributed by atoms with Crippen molar-refractivity contribution in [3.05, 3.63) is 48.4 Å². The van der Waals surface area contributed by atoms with E-state index >= 15 is 0 Å². The lowest BCUT2D eigenvalue weighted by Crippen LogP contribution is -2.48. The van der Waals surface area contributed by atoms with Crippen LogP contribution in [0.4, 0.5) is 4.79 Å². The van der Waals surface area contributed by atoms with Crippen molar-refractivity contribution in [3.63, 3.8) is 0 Å². The predicted octanol–water partition coefficient (Wildman–Crippen LogP) is 4.49. The van der Waals surface area contributed by atoms with Crippen LogP contribution in [0.5, 0.6) is 0 Å². The summed E-state index contributed by atoms with van der Waals surface area (Å²) >= 11 is 0. The van der Waals surface area contributed by atoms with Crippen LogP contribution in [0, 0.1) is 22.7 Å². The van der Waals surface area contributed by atoms with Crippen LogP contribution in [-0.2, 0) is 0 Å². The van der Waals surface area contributed by atoms with Gasteiger partial charge in [0, 0.05) is 36.6 Å². The maximum absolute atomic E-state index is 12.5. The number of carbonyl (C=O) groups is 1. The van der Waals surface area contributed by atoms with Crippen LogP contribution in [0.15, 0.2) is 48.4 Å². The molecule has 0 saturated carbocycles. The normalized spacial score (nSPS) is 17.9. The summed E-state index contributed by atoms with van der Waals surface area (Å²) in [6.07, 6.45) is 8.01. The summed E-state index contributed by atoms with van der Waals surface area (Å²) in [7, 11) is 0. The first-order chi connectivity index (χ1) is 12.8. The number of amides is 2. The fourth-order valence-corrected chi connectivity index (χ4v) is 3.02. The SMILES string of the molecule is C=C(C#N)/C=C\C(=C/C)NC(=O)N1CCC(C)(C(C)CNC(=C)CC)CC1. The van der Waals surface area contributed by atoms with Gasteiger partial charge >= 0.3 is 6.03 Å². The van der Waals surface area contributed by atoms with Crippen LogP contribution >= 0.6 is 0 Å². The van der Waals surface area contributed by atoms with Gasteiger partial charge in [0.25, 0.3) is 0 Å². The number of nitriles is 1. The van der Waals surface area contributed by atoms with E-state index in [1.165, 1.54) is 0 Å². The summed E-state index contributed by atoms with van der Waals surface area (Å²) in [5, 5.41) is 15.1. The van der Waals surface area contributed by atoms with Gasteiger partial charge in [-0.3, -0.25) is 0 Å². The predicted molar refractivity (Wildman–Crippen MR) is 112 cm³/mol. The van der Waals surface area contributed by atoms with Crippen molar-refractivity contribution in [2.75, 3.05) is 19.6 Å². The van der Waals surface area contributed by atoms with E-state index in [0.29, 0.717) is 17.2 Å². The zero-order valence-electron chi connectivity index (χ0n) is 17.3. The van der Waals surface area contributed by atoms with Gasteiger partial charge in [-0.1, -0.05) is 40.0 Å². The molecule has 1 aliphatic heterocycles. The second-order valence-corrected chi connectivity index (χ2v) is 7.52. The summed E-state index contributed by atoms with van der Waals surface area (Å²) in [5.41, 5.74) is 2.31. The van der Waals surface area contributed by atoms with Crippen LogP contribution in [0.3, 0.4) is 0 Å². The third-order valence-corrected chi connectivity index (χ3v) is 5.64. The molecule has 1 heterocycles. The molecule has 0 spiro atoms. The van der Waals surface area contributed by atoms with Crippen LogP contribution in [-0.4, -0.2) is 30.6 Å². The number of allylic oxidation sites excluding steroid dienone is 5. The van der Waals surface area contributed by atoms with Gasteiger partial charge in [-0.25, -0.2) is 4.79 Å². The van der Waals surface area contributed by atoms with Crippen molar-refractivity contribution in [2.24, 2.45) is 11.3 Å². The van der Waals surface area contributed by atoms with Gasteiger partial charge < -0.3 is 15.5 Å². The molecule has 1 unspecified atom stereocenters. The van der Waals surface area contributed by atoms with Crippen molar-refractivity contribution in [3.8, 4) is 6.07 Å². The average molecular weight is 371 g/mol. The van der Waals surface area contributed by atoms with E-state index in [2.05, 4.69) is 44.6 Å². The molecule has 5 nitrogen and oxygen atoms in total. The minimum atomic E-state index is -0.0949. The molecule has 1 rings (SSSR count). The van der Waals surface area contributed by atoms with Crippen LogP contribution in [0.1, 0.15) is 47.0 Å². The highest BCUT2D eigenvalue weighted by atomic mass is 16.2. The highest BCUT2D eigenvalue weighted by molar-refractivity contribution is 5.76. The maximum atomic E-state index is 12.5. The highest BCUT2D eigenvalue weighted by Crippen LogP contribution is 2.38. The smallest absolute Gasteiger partial charge is 0.321 e.